The van der Waals surface area contributed by atoms with Crippen LogP contribution < -0.4 is 5.32 Å². The first kappa shape index (κ1) is 19.1. The van der Waals surface area contributed by atoms with Crippen molar-refractivity contribution in [1.29, 1.82) is 0 Å². The second-order valence-corrected chi connectivity index (χ2v) is 9.22. The Morgan fingerprint density at radius 3 is 2.31 bits per heavy atom. The van der Waals surface area contributed by atoms with Crippen molar-refractivity contribution >= 4 is 37.5 Å². The van der Waals surface area contributed by atoms with Gasteiger partial charge >= 0.3 is 0 Å². The van der Waals surface area contributed by atoms with Crippen molar-refractivity contribution in [3.05, 3.63) is 58.1 Å². The molecule has 2 aromatic carbocycles. The predicted molar refractivity (Wildman–Crippen MR) is 106 cm³/mol. The van der Waals surface area contributed by atoms with Crippen molar-refractivity contribution in [2.45, 2.75) is 31.1 Å². The summed E-state index contributed by atoms with van der Waals surface area (Å²) in [6, 6.07) is 11.8. The van der Waals surface area contributed by atoms with Crippen molar-refractivity contribution < 1.29 is 13.2 Å². The number of rotatable bonds is 4. The van der Waals surface area contributed by atoms with Crippen LogP contribution in [0.15, 0.2) is 51.8 Å². The fraction of sp³-hybridized carbons (Fsp3) is 0.316. The number of carbonyl (C=O) groups is 1. The smallest absolute Gasteiger partial charge is 0.255 e. The van der Waals surface area contributed by atoms with Crippen LogP contribution in [0.4, 0.5) is 5.69 Å². The zero-order chi connectivity index (χ0) is 18.7. The van der Waals surface area contributed by atoms with Gasteiger partial charge in [0.1, 0.15) is 0 Å². The first-order valence-electron chi connectivity index (χ1n) is 8.55. The number of anilines is 1. The molecule has 1 aliphatic heterocycles. The molecule has 0 aliphatic carbocycles. The van der Waals surface area contributed by atoms with Crippen molar-refractivity contribution in [2.24, 2.45) is 0 Å². The first-order valence-corrected chi connectivity index (χ1v) is 10.8. The quantitative estimate of drug-likeness (QED) is 0.781. The molecule has 0 saturated carbocycles. The lowest BCUT2D eigenvalue weighted by Crippen LogP contribution is -2.35. The molecule has 2 aromatic rings. The van der Waals surface area contributed by atoms with Gasteiger partial charge in [-0.1, -0.05) is 12.5 Å². The average molecular weight is 437 g/mol. The van der Waals surface area contributed by atoms with E-state index in [0.717, 1.165) is 29.3 Å². The minimum atomic E-state index is -3.48. The maximum absolute atomic E-state index is 12.7. The first-order chi connectivity index (χ1) is 12.4. The monoisotopic (exact) mass is 436 g/mol. The van der Waals surface area contributed by atoms with Crippen molar-refractivity contribution in [2.75, 3.05) is 18.4 Å². The van der Waals surface area contributed by atoms with Gasteiger partial charge in [-0.25, -0.2) is 8.42 Å². The number of halogens is 1. The van der Waals surface area contributed by atoms with Gasteiger partial charge in [-0.15, -0.1) is 0 Å². The highest BCUT2D eigenvalue weighted by Gasteiger charge is 2.25. The molecule has 1 amide bonds. The van der Waals surface area contributed by atoms with Crippen molar-refractivity contribution in [3.63, 3.8) is 0 Å². The standard InChI is InChI=1S/C19H21BrN2O3S/c1-14-5-10-18(17(20)13-14)21-19(23)15-6-8-16(9-7-15)26(24,25)22-11-3-2-4-12-22/h5-10,13H,2-4,11-12H2,1H3,(H,21,23). The minimum Gasteiger partial charge on any atom is -0.321 e. The van der Waals surface area contributed by atoms with Crippen LogP contribution in [0.1, 0.15) is 35.2 Å². The van der Waals surface area contributed by atoms with Crippen LogP contribution in [0.25, 0.3) is 0 Å². The molecule has 1 saturated heterocycles. The Balaban J connectivity index is 1.75. The van der Waals surface area contributed by atoms with Gasteiger partial charge in [0.15, 0.2) is 0 Å². The van der Waals surface area contributed by atoms with Crippen LogP contribution in [0, 0.1) is 6.92 Å². The molecular formula is C19H21BrN2O3S. The molecule has 0 radical (unpaired) electrons. The van der Waals surface area contributed by atoms with E-state index in [1.54, 1.807) is 12.1 Å². The molecule has 26 heavy (non-hydrogen) atoms. The zero-order valence-electron chi connectivity index (χ0n) is 14.5. The van der Waals surface area contributed by atoms with Crippen LogP contribution in [0.2, 0.25) is 0 Å². The summed E-state index contributed by atoms with van der Waals surface area (Å²) in [5.74, 6) is -0.281. The van der Waals surface area contributed by atoms with Gasteiger partial charge in [-0.2, -0.15) is 4.31 Å². The third-order valence-electron chi connectivity index (χ3n) is 4.44. The van der Waals surface area contributed by atoms with Crippen LogP contribution in [0.5, 0.6) is 0 Å². The largest absolute Gasteiger partial charge is 0.321 e. The molecule has 3 rings (SSSR count). The zero-order valence-corrected chi connectivity index (χ0v) is 16.9. The van der Waals surface area contributed by atoms with E-state index in [1.807, 2.05) is 25.1 Å². The van der Waals surface area contributed by atoms with E-state index in [-0.39, 0.29) is 10.8 Å². The summed E-state index contributed by atoms with van der Waals surface area (Å²) >= 11 is 3.43. The summed E-state index contributed by atoms with van der Waals surface area (Å²) in [5, 5.41) is 2.83. The highest BCUT2D eigenvalue weighted by atomic mass is 79.9. The molecular weight excluding hydrogens is 416 g/mol. The maximum atomic E-state index is 12.7. The molecule has 1 heterocycles. The van der Waals surface area contributed by atoms with E-state index < -0.39 is 10.0 Å². The Hall–Kier alpha value is -1.70. The Labute approximate surface area is 162 Å². The van der Waals surface area contributed by atoms with Crippen molar-refractivity contribution in [1.82, 2.24) is 4.31 Å². The molecule has 7 heteroatoms. The third-order valence-corrected chi connectivity index (χ3v) is 7.01. The summed E-state index contributed by atoms with van der Waals surface area (Å²) < 4.78 is 27.6. The molecule has 1 N–H and O–H groups in total. The normalized spacial score (nSPS) is 15.6. The van der Waals surface area contributed by atoms with E-state index in [4.69, 9.17) is 0 Å². The molecule has 1 fully saturated rings. The number of hydrogen-bond acceptors (Lipinski definition) is 3. The third kappa shape index (κ3) is 4.16. The minimum absolute atomic E-state index is 0.229. The van der Waals surface area contributed by atoms with E-state index >= 15 is 0 Å². The number of nitrogens with zero attached hydrogens (tertiary/aromatic N) is 1. The number of amides is 1. The fourth-order valence-electron chi connectivity index (χ4n) is 2.95. The highest BCUT2D eigenvalue weighted by molar-refractivity contribution is 9.10. The van der Waals surface area contributed by atoms with E-state index in [9.17, 15) is 13.2 Å². The molecule has 0 bridgehead atoms. The van der Waals surface area contributed by atoms with Crippen LogP contribution >= 0.6 is 15.9 Å². The van der Waals surface area contributed by atoms with Crippen molar-refractivity contribution in [3.8, 4) is 0 Å². The summed E-state index contributed by atoms with van der Waals surface area (Å²) in [6.07, 6.45) is 2.86. The molecule has 138 valence electrons. The molecule has 0 atom stereocenters. The number of aryl methyl sites for hydroxylation is 1. The molecule has 0 spiro atoms. The SMILES string of the molecule is Cc1ccc(NC(=O)c2ccc(S(=O)(=O)N3CCCCC3)cc2)c(Br)c1. The summed E-state index contributed by atoms with van der Waals surface area (Å²) in [7, 11) is -3.48. The molecule has 5 nitrogen and oxygen atoms in total. The number of benzene rings is 2. The second-order valence-electron chi connectivity index (χ2n) is 6.43. The summed E-state index contributed by atoms with van der Waals surface area (Å²) in [4.78, 5) is 12.7. The summed E-state index contributed by atoms with van der Waals surface area (Å²) in [5.41, 5.74) is 2.17. The lowest BCUT2D eigenvalue weighted by molar-refractivity contribution is 0.102. The number of hydrogen-bond donors (Lipinski definition) is 1. The van der Waals surface area contributed by atoms with Gasteiger partial charge in [-0.3, -0.25) is 4.79 Å². The number of nitrogens with one attached hydrogen (secondary N) is 1. The van der Waals surface area contributed by atoms with E-state index in [0.29, 0.717) is 24.3 Å². The highest BCUT2D eigenvalue weighted by Crippen LogP contribution is 2.25. The van der Waals surface area contributed by atoms with Gasteiger partial charge in [-0.05, 0) is 77.7 Å². The average Bonchev–Trinajstić information content (AvgIpc) is 2.65. The fourth-order valence-corrected chi connectivity index (χ4v) is 5.06. The second kappa shape index (κ2) is 7.90. The lowest BCUT2D eigenvalue weighted by Gasteiger charge is -2.25. The van der Waals surface area contributed by atoms with Gasteiger partial charge in [0.25, 0.3) is 5.91 Å². The Bertz CT molecular complexity index is 905. The number of carbonyl (C=O) groups excluding carboxylic acids is 1. The Morgan fingerprint density at radius 2 is 1.69 bits per heavy atom. The maximum Gasteiger partial charge on any atom is 0.255 e. The topological polar surface area (TPSA) is 66.5 Å². The summed E-state index contributed by atoms with van der Waals surface area (Å²) in [6.45, 7) is 3.09. The molecule has 0 aromatic heterocycles. The Morgan fingerprint density at radius 1 is 1.04 bits per heavy atom. The molecule has 1 aliphatic rings. The van der Waals surface area contributed by atoms with Gasteiger partial charge in [0.2, 0.25) is 10.0 Å². The van der Waals surface area contributed by atoms with Crippen LogP contribution in [0.3, 0.4) is 0 Å². The van der Waals surface area contributed by atoms with Crippen LogP contribution in [-0.4, -0.2) is 31.7 Å². The van der Waals surface area contributed by atoms with E-state index in [2.05, 4.69) is 21.2 Å². The Kier molecular flexibility index (Phi) is 5.79. The number of piperidine rings is 1. The van der Waals surface area contributed by atoms with E-state index in [1.165, 1.54) is 16.4 Å². The van der Waals surface area contributed by atoms with Gasteiger partial charge < -0.3 is 5.32 Å². The van der Waals surface area contributed by atoms with Gasteiger partial charge in [0.05, 0.1) is 10.6 Å². The van der Waals surface area contributed by atoms with Gasteiger partial charge in [0, 0.05) is 23.1 Å². The molecule has 0 unspecified atom stereocenters. The van der Waals surface area contributed by atoms with Crippen LogP contribution in [-0.2, 0) is 10.0 Å². The lowest BCUT2D eigenvalue weighted by atomic mass is 10.2. The predicted octanol–water partition coefficient (Wildman–Crippen LogP) is 4.18. The number of sulfonamides is 1.